The highest BCUT2D eigenvalue weighted by Gasteiger charge is 2.15. The summed E-state index contributed by atoms with van der Waals surface area (Å²) in [6, 6.07) is 1.03. The smallest absolute Gasteiger partial charge is 0.303 e. The van der Waals surface area contributed by atoms with E-state index >= 15 is 0 Å². The molecule has 0 radical (unpaired) electrons. The third-order valence-corrected chi connectivity index (χ3v) is 3.12. The second kappa shape index (κ2) is 10.9. The van der Waals surface area contributed by atoms with Gasteiger partial charge in [0.2, 0.25) is 5.91 Å². The molecule has 6 heteroatoms. The highest BCUT2D eigenvalue weighted by Crippen LogP contribution is 2.07. The van der Waals surface area contributed by atoms with Gasteiger partial charge in [0.25, 0.3) is 0 Å². The van der Waals surface area contributed by atoms with Gasteiger partial charge in [-0.2, -0.15) is 0 Å². The molecule has 0 aromatic heterocycles. The van der Waals surface area contributed by atoms with Crippen LogP contribution in [0.2, 0.25) is 0 Å². The fraction of sp³-hybridized carbons (Fsp3) is 0.857. The maximum absolute atomic E-state index is 11.5. The molecule has 0 aromatic carbocycles. The minimum Gasteiger partial charge on any atom is -0.481 e. The van der Waals surface area contributed by atoms with Crippen LogP contribution in [0.4, 0.5) is 0 Å². The van der Waals surface area contributed by atoms with Gasteiger partial charge >= 0.3 is 5.97 Å². The molecule has 1 amide bonds. The molecule has 20 heavy (non-hydrogen) atoms. The van der Waals surface area contributed by atoms with Crippen LogP contribution in [0.1, 0.15) is 53.9 Å². The molecular weight excluding hydrogens is 280 g/mol. The average Bonchev–Trinajstić information content (AvgIpc) is 2.25. The largest absolute Gasteiger partial charge is 0.481 e. The minimum atomic E-state index is -0.936. The summed E-state index contributed by atoms with van der Waals surface area (Å²) in [5, 5.41) is 11.3. The van der Waals surface area contributed by atoms with E-state index in [9.17, 15) is 9.59 Å². The van der Waals surface area contributed by atoms with E-state index < -0.39 is 5.97 Å². The number of halogens is 1. The van der Waals surface area contributed by atoms with Crippen LogP contribution in [0.25, 0.3) is 0 Å². The van der Waals surface area contributed by atoms with Crippen molar-refractivity contribution < 1.29 is 14.7 Å². The quantitative estimate of drug-likeness (QED) is 0.685. The summed E-state index contributed by atoms with van der Waals surface area (Å²) in [6.45, 7) is 11.5. The van der Waals surface area contributed by atoms with Crippen molar-refractivity contribution in [3.63, 3.8) is 0 Å². The van der Waals surface area contributed by atoms with Crippen molar-refractivity contribution in [3.8, 4) is 0 Å². The van der Waals surface area contributed by atoms with Crippen LogP contribution >= 0.6 is 12.4 Å². The summed E-state index contributed by atoms with van der Waals surface area (Å²) >= 11 is 0. The molecule has 0 spiro atoms. The Morgan fingerprint density at radius 2 is 1.55 bits per heavy atom. The number of hydrogen-bond donors (Lipinski definition) is 2. The number of aliphatic carboxylic acids is 1. The van der Waals surface area contributed by atoms with Crippen LogP contribution in [0, 0.1) is 0 Å². The van der Waals surface area contributed by atoms with Gasteiger partial charge in [-0.25, -0.2) is 0 Å². The average molecular weight is 309 g/mol. The Morgan fingerprint density at radius 3 is 1.95 bits per heavy atom. The number of nitrogens with zero attached hydrogens (tertiary/aromatic N) is 1. The van der Waals surface area contributed by atoms with Crippen LogP contribution in [0.5, 0.6) is 0 Å². The Labute approximate surface area is 128 Å². The van der Waals surface area contributed by atoms with Crippen molar-refractivity contribution in [2.75, 3.05) is 6.54 Å². The number of nitrogens with one attached hydrogen (secondary N) is 1. The van der Waals surface area contributed by atoms with Crippen LogP contribution < -0.4 is 5.32 Å². The van der Waals surface area contributed by atoms with E-state index in [2.05, 4.69) is 37.9 Å². The number of carbonyl (C=O) groups is 2. The topological polar surface area (TPSA) is 69.6 Å². The first kappa shape index (κ1) is 21.5. The summed E-state index contributed by atoms with van der Waals surface area (Å²) < 4.78 is 0. The summed E-state index contributed by atoms with van der Waals surface area (Å²) in [5.74, 6) is -1.12. The second-order valence-electron chi connectivity index (χ2n) is 5.58. The molecule has 5 nitrogen and oxygen atoms in total. The van der Waals surface area contributed by atoms with Gasteiger partial charge in [-0.1, -0.05) is 0 Å². The molecule has 0 saturated heterocycles. The van der Waals surface area contributed by atoms with Crippen molar-refractivity contribution >= 4 is 24.3 Å². The van der Waals surface area contributed by atoms with Crippen molar-refractivity contribution in [1.82, 2.24) is 10.2 Å². The van der Waals surface area contributed by atoms with E-state index in [4.69, 9.17) is 5.11 Å². The number of rotatable bonds is 9. The number of carboxylic acids is 1. The fourth-order valence-corrected chi connectivity index (χ4v) is 2.10. The van der Waals surface area contributed by atoms with Gasteiger partial charge in [-0.05, 0) is 41.0 Å². The Balaban J connectivity index is 0. The number of amides is 1. The first-order valence-electron chi connectivity index (χ1n) is 7.01. The van der Waals surface area contributed by atoms with E-state index in [1.165, 1.54) is 0 Å². The molecule has 0 aliphatic heterocycles. The zero-order valence-electron chi connectivity index (χ0n) is 13.2. The molecule has 0 heterocycles. The molecular formula is C14H29ClN2O3. The van der Waals surface area contributed by atoms with E-state index in [1.54, 1.807) is 0 Å². The van der Waals surface area contributed by atoms with Gasteiger partial charge in [-0.3, -0.25) is 14.5 Å². The molecule has 0 bridgehead atoms. The van der Waals surface area contributed by atoms with E-state index in [-0.39, 0.29) is 37.2 Å². The zero-order chi connectivity index (χ0) is 15.0. The number of carboxylic acid groups (broad SMARTS) is 1. The molecule has 0 aliphatic carbocycles. The Kier molecular flexibility index (Phi) is 11.7. The lowest BCUT2D eigenvalue weighted by molar-refractivity contribution is -0.138. The van der Waals surface area contributed by atoms with E-state index in [0.29, 0.717) is 12.1 Å². The lowest BCUT2D eigenvalue weighted by atomic mass is 10.1. The molecule has 0 aromatic rings. The van der Waals surface area contributed by atoms with Gasteiger partial charge in [0.05, 0.1) is 6.42 Å². The molecule has 0 fully saturated rings. The zero-order valence-corrected chi connectivity index (χ0v) is 14.0. The predicted molar refractivity (Wildman–Crippen MR) is 83.3 cm³/mol. The summed E-state index contributed by atoms with van der Waals surface area (Å²) in [7, 11) is 0. The van der Waals surface area contributed by atoms with Gasteiger partial charge in [0.1, 0.15) is 0 Å². The fourth-order valence-electron chi connectivity index (χ4n) is 2.10. The van der Waals surface area contributed by atoms with Gasteiger partial charge in [0.15, 0.2) is 0 Å². The minimum absolute atomic E-state index is 0. The molecule has 0 aliphatic rings. The van der Waals surface area contributed by atoms with Crippen LogP contribution in [-0.4, -0.2) is 46.6 Å². The van der Waals surface area contributed by atoms with E-state index in [1.807, 2.05) is 6.92 Å². The lowest BCUT2D eigenvalue weighted by Crippen LogP contribution is -2.41. The van der Waals surface area contributed by atoms with E-state index in [0.717, 1.165) is 13.0 Å². The molecule has 2 N–H and O–H groups in total. The highest BCUT2D eigenvalue weighted by molar-refractivity contribution is 5.85. The lowest BCUT2D eigenvalue weighted by Gasteiger charge is -2.31. The van der Waals surface area contributed by atoms with Crippen LogP contribution in [-0.2, 0) is 9.59 Å². The van der Waals surface area contributed by atoms with Crippen molar-refractivity contribution in [2.24, 2.45) is 0 Å². The molecule has 120 valence electrons. The standard InChI is InChI=1S/C14H28N2O3.ClH/c1-10(2)16(11(3)4)9-8-12(5)15-13(17)6-7-14(18)19;/h10-12H,6-9H2,1-5H3,(H,15,17)(H,18,19);1H. The number of hydrogen-bond acceptors (Lipinski definition) is 3. The van der Waals surface area contributed by atoms with Crippen molar-refractivity contribution in [3.05, 3.63) is 0 Å². The second-order valence-corrected chi connectivity index (χ2v) is 5.58. The Morgan fingerprint density at radius 1 is 1.05 bits per heavy atom. The molecule has 1 unspecified atom stereocenters. The Hall–Kier alpha value is -0.810. The first-order valence-corrected chi connectivity index (χ1v) is 7.01. The maximum Gasteiger partial charge on any atom is 0.303 e. The van der Waals surface area contributed by atoms with Gasteiger partial charge in [0, 0.05) is 31.1 Å². The van der Waals surface area contributed by atoms with Gasteiger partial charge < -0.3 is 10.4 Å². The van der Waals surface area contributed by atoms with Crippen molar-refractivity contribution in [1.29, 1.82) is 0 Å². The molecule has 1 atom stereocenters. The third-order valence-electron chi connectivity index (χ3n) is 3.12. The SMILES string of the molecule is CC(CCN(C(C)C)C(C)C)NC(=O)CCC(=O)O.Cl. The number of carbonyl (C=O) groups excluding carboxylic acids is 1. The van der Waals surface area contributed by atoms with Gasteiger partial charge in [-0.15, -0.1) is 12.4 Å². The molecule has 0 saturated carbocycles. The monoisotopic (exact) mass is 308 g/mol. The summed E-state index contributed by atoms with van der Waals surface area (Å²) in [4.78, 5) is 24.2. The maximum atomic E-state index is 11.5. The van der Waals surface area contributed by atoms with Crippen LogP contribution in [0.3, 0.4) is 0 Å². The summed E-state index contributed by atoms with van der Waals surface area (Å²) in [5.41, 5.74) is 0. The third kappa shape index (κ3) is 10.0. The predicted octanol–water partition coefficient (Wildman–Crippen LogP) is 2.29. The molecule has 0 rings (SSSR count). The summed E-state index contributed by atoms with van der Waals surface area (Å²) in [6.07, 6.45) is 0.815. The highest BCUT2D eigenvalue weighted by atomic mass is 35.5. The van der Waals surface area contributed by atoms with Crippen LogP contribution in [0.15, 0.2) is 0 Å². The first-order chi connectivity index (χ1) is 8.73. The van der Waals surface area contributed by atoms with Crippen molar-refractivity contribution in [2.45, 2.75) is 72.0 Å². The Bertz CT molecular complexity index is 288. The normalized spacial score (nSPS) is 12.4.